The Morgan fingerprint density at radius 1 is 1.20 bits per heavy atom. The molecule has 1 unspecified atom stereocenters. The molecule has 1 aromatic heterocycles. The maximum atomic E-state index is 13.1. The summed E-state index contributed by atoms with van der Waals surface area (Å²) in [4.78, 5) is 39.8. The number of carbonyl (C=O) groups excluding carboxylic acids is 3. The van der Waals surface area contributed by atoms with Crippen LogP contribution in [0, 0.1) is 6.92 Å². The molecule has 1 aliphatic heterocycles. The predicted octanol–water partition coefficient (Wildman–Crippen LogP) is 1.72. The van der Waals surface area contributed by atoms with Crippen LogP contribution in [0.4, 0.5) is 0 Å². The van der Waals surface area contributed by atoms with Gasteiger partial charge in [0.1, 0.15) is 5.69 Å². The smallest absolute Gasteiger partial charge is 0.269 e. The summed E-state index contributed by atoms with van der Waals surface area (Å²) in [5.74, 6) is -0.621. The molecule has 1 saturated heterocycles. The van der Waals surface area contributed by atoms with Crippen molar-refractivity contribution in [3.05, 3.63) is 53.3 Å². The first-order chi connectivity index (χ1) is 14.5. The zero-order valence-corrected chi connectivity index (χ0v) is 17.6. The summed E-state index contributed by atoms with van der Waals surface area (Å²) in [5, 5.41) is 9.81. The minimum atomic E-state index is -0.368. The van der Waals surface area contributed by atoms with Gasteiger partial charge in [0.25, 0.3) is 5.91 Å². The minimum Gasteiger partial charge on any atom is -0.356 e. The Hall–Kier alpha value is -3.16. The molecular weight excluding hydrogens is 382 g/mol. The highest BCUT2D eigenvalue weighted by atomic mass is 16.2. The van der Waals surface area contributed by atoms with Gasteiger partial charge in [-0.3, -0.25) is 19.1 Å². The minimum absolute atomic E-state index is 0.0713. The lowest BCUT2D eigenvalue weighted by atomic mass is 10.00. The van der Waals surface area contributed by atoms with Crippen LogP contribution in [0.15, 0.2) is 36.4 Å². The Morgan fingerprint density at radius 3 is 2.67 bits per heavy atom. The van der Waals surface area contributed by atoms with Gasteiger partial charge in [-0.1, -0.05) is 30.3 Å². The van der Waals surface area contributed by atoms with Crippen LogP contribution in [0.5, 0.6) is 0 Å². The zero-order chi connectivity index (χ0) is 21.5. The third-order valence-corrected chi connectivity index (χ3v) is 5.29. The van der Waals surface area contributed by atoms with E-state index in [1.165, 1.54) is 4.68 Å². The Labute approximate surface area is 176 Å². The fourth-order valence-corrected chi connectivity index (χ4v) is 3.77. The molecule has 1 aromatic carbocycles. The molecular formula is C22H29N5O3. The number of nitrogens with one attached hydrogen (secondary N) is 2. The second-order valence-corrected chi connectivity index (χ2v) is 7.61. The molecule has 2 heterocycles. The van der Waals surface area contributed by atoms with E-state index < -0.39 is 0 Å². The van der Waals surface area contributed by atoms with E-state index in [1.807, 2.05) is 37.3 Å². The van der Waals surface area contributed by atoms with E-state index in [0.29, 0.717) is 18.8 Å². The van der Waals surface area contributed by atoms with Gasteiger partial charge in [-0.15, -0.1) is 0 Å². The molecule has 2 N–H and O–H groups in total. The number of benzene rings is 1. The molecule has 8 nitrogen and oxygen atoms in total. The SMILES string of the molecule is Cc1cc(C(=O)NCC(=O)N2CCCCCNC(=O)CC2c2ccccc2)n(C)n1. The summed E-state index contributed by atoms with van der Waals surface area (Å²) < 4.78 is 1.50. The Kier molecular flexibility index (Phi) is 7.21. The third-order valence-electron chi connectivity index (χ3n) is 5.29. The number of hydrogen-bond donors (Lipinski definition) is 2. The third kappa shape index (κ3) is 5.46. The summed E-state index contributed by atoms with van der Waals surface area (Å²) >= 11 is 0. The standard InChI is InChI=1S/C22H29N5O3/c1-16-13-19(26(2)25-16)22(30)24-15-21(29)27-12-8-4-7-11-23-20(28)14-18(27)17-9-5-3-6-10-17/h3,5-6,9-10,13,18H,4,7-8,11-12,14-15H2,1-2H3,(H,23,28)(H,24,30). The van der Waals surface area contributed by atoms with Crippen LogP contribution in [-0.4, -0.2) is 52.0 Å². The highest BCUT2D eigenvalue weighted by Gasteiger charge is 2.28. The van der Waals surface area contributed by atoms with Gasteiger partial charge >= 0.3 is 0 Å². The van der Waals surface area contributed by atoms with Crippen LogP contribution in [0.3, 0.4) is 0 Å². The Bertz CT molecular complexity index is 893. The van der Waals surface area contributed by atoms with Crippen molar-refractivity contribution in [2.45, 2.75) is 38.6 Å². The van der Waals surface area contributed by atoms with E-state index in [0.717, 1.165) is 30.5 Å². The molecule has 30 heavy (non-hydrogen) atoms. The largest absolute Gasteiger partial charge is 0.356 e. The van der Waals surface area contributed by atoms with Crippen molar-refractivity contribution < 1.29 is 14.4 Å². The predicted molar refractivity (Wildman–Crippen MR) is 113 cm³/mol. The maximum Gasteiger partial charge on any atom is 0.269 e. The van der Waals surface area contributed by atoms with Crippen molar-refractivity contribution >= 4 is 17.7 Å². The second kappa shape index (κ2) is 10.0. The first-order valence-electron chi connectivity index (χ1n) is 10.4. The van der Waals surface area contributed by atoms with E-state index in [9.17, 15) is 14.4 Å². The normalized spacial score (nSPS) is 17.9. The maximum absolute atomic E-state index is 13.1. The quantitative estimate of drug-likeness (QED) is 0.801. The summed E-state index contributed by atoms with van der Waals surface area (Å²) in [6.07, 6.45) is 2.86. The number of amides is 3. The molecule has 0 bridgehead atoms. The highest BCUT2D eigenvalue weighted by molar-refractivity contribution is 5.95. The van der Waals surface area contributed by atoms with Gasteiger partial charge in [-0.25, -0.2) is 0 Å². The molecule has 1 fully saturated rings. The van der Waals surface area contributed by atoms with Gasteiger partial charge in [0.05, 0.1) is 24.7 Å². The van der Waals surface area contributed by atoms with Crippen molar-refractivity contribution in [3.8, 4) is 0 Å². The second-order valence-electron chi connectivity index (χ2n) is 7.61. The van der Waals surface area contributed by atoms with Gasteiger partial charge in [0, 0.05) is 20.1 Å². The average molecular weight is 412 g/mol. The topological polar surface area (TPSA) is 96.3 Å². The molecule has 1 atom stereocenters. The van der Waals surface area contributed by atoms with E-state index in [1.54, 1.807) is 18.0 Å². The zero-order valence-electron chi connectivity index (χ0n) is 17.6. The Balaban J connectivity index is 1.76. The van der Waals surface area contributed by atoms with Crippen molar-refractivity contribution in [1.82, 2.24) is 25.3 Å². The van der Waals surface area contributed by atoms with Gasteiger partial charge < -0.3 is 15.5 Å². The molecule has 0 aliphatic carbocycles. The van der Waals surface area contributed by atoms with Crippen LogP contribution in [0.25, 0.3) is 0 Å². The number of hydrogen-bond acceptors (Lipinski definition) is 4. The van der Waals surface area contributed by atoms with Crippen LogP contribution in [-0.2, 0) is 16.6 Å². The molecule has 3 rings (SSSR count). The van der Waals surface area contributed by atoms with E-state index in [-0.39, 0.29) is 36.7 Å². The number of rotatable bonds is 4. The van der Waals surface area contributed by atoms with Crippen LogP contribution < -0.4 is 10.6 Å². The average Bonchev–Trinajstić information content (AvgIpc) is 3.08. The number of aryl methyl sites for hydroxylation is 2. The summed E-state index contributed by atoms with van der Waals surface area (Å²) in [6.45, 7) is 2.89. The molecule has 8 heteroatoms. The van der Waals surface area contributed by atoms with E-state index >= 15 is 0 Å². The first kappa shape index (κ1) is 21.5. The van der Waals surface area contributed by atoms with Crippen molar-refractivity contribution in [2.75, 3.05) is 19.6 Å². The first-order valence-corrected chi connectivity index (χ1v) is 10.4. The number of aromatic nitrogens is 2. The van der Waals surface area contributed by atoms with E-state index in [4.69, 9.17) is 0 Å². The summed E-state index contributed by atoms with van der Waals surface area (Å²) in [6, 6.07) is 10.9. The molecule has 0 saturated carbocycles. The number of carbonyl (C=O) groups is 3. The lowest BCUT2D eigenvalue weighted by Gasteiger charge is -2.33. The molecule has 2 aromatic rings. The van der Waals surface area contributed by atoms with Crippen molar-refractivity contribution in [3.63, 3.8) is 0 Å². The monoisotopic (exact) mass is 411 g/mol. The molecule has 3 amide bonds. The van der Waals surface area contributed by atoms with Crippen LogP contribution in [0.2, 0.25) is 0 Å². The van der Waals surface area contributed by atoms with Crippen molar-refractivity contribution in [1.29, 1.82) is 0 Å². The fraction of sp³-hybridized carbons (Fsp3) is 0.455. The van der Waals surface area contributed by atoms with Crippen LogP contribution in [0.1, 0.15) is 53.5 Å². The lowest BCUT2D eigenvalue weighted by molar-refractivity contribution is -0.134. The number of nitrogens with zero attached hydrogens (tertiary/aromatic N) is 3. The Morgan fingerprint density at radius 2 is 1.97 bits per heavy atom. The van der Waals surface area contributed by atoms with Gasteiger partial charge in [-0.05, 0) is 37.8 Å². The van der Waals surface area contributed by atoms with Gasteiger partial charge in [-0.2, -0.15) is 5.10 Å². The lowest BCUT2D eigenvalue weighted by Crippen LogP contribution is -2.44. The molecule has 160 valence electrons. The fourth-order valence-electron chi connectivity index (χ4n) is 3.77. The summed E-state index contributed by atoms with van der Waals surface area (Å²) in [7, 11) is 1.69. The molecule has 1 aliphatic rings. The highest BCUT2D eigenvalue weighted by Crippen LogP contribution is 2.25. The molecule has 0 spiro atoms. The van der Waals surface area contributed by atoms with Crippen LogP contribution >= 0.6 is 0 Å². The van der Waals surface area contributed by atoms with Gasteiger partial charge in [0.15, 0.2) is 0 Å². The van der Waals surface area contributed by atoms with Crippen molar-refractivity contribution in [2.24, 2.45) is 7.05 Å². The molecule has 0 radical (unpaired) electrons. The summed E-state index contributed by atoms with van der Waals surface area (Å²) in [5.41, 5.74) is 2.05. The van der Waals surface area contributed by atoms with E-state index in [2.05, 4.69) is 15.7 Å². The van der Waals surface area contributed by atoms with Gasteiger partial charge in [0.2, 0.25) is 11.8 Å².